The number of esters is 1. The predicted molar refractivity (Wildman–Crippen MR) is 66.7 cm³/mol. The first-order valence-electron chi connectivity index (χ1n) is 5.16. The standard InChI is InChI=1S/C12H16ClNO3/c1-12(2,3)17-11(16)10(15)8-6-7(13)4-5-9(8)14/h4-6,10,15H,14H2,1-3H3. The molecule has 1 unspecified atom stereocenters. The van der Waals surface area contributed by atoms with Crippen molar-refractivity contribution in [1.29, 1.82) is 0 Å². The van der Waals surface area contributed by atoms with Gasteiger partial charge in [-0.1, -0.05) is 11.6 Å². The van der Waals surface area contributed by atoms with Crippen LogP contribution in [0.15, 0.2) is 18.2 Å². The van der Waals surface area contributed by atoms with Crippen LogP contribution >= 0.6 is 11.6 Å². The number of hydrogen-bond donors (Lipinski definition) is 2. The highest BCUT2D eigenvalue weighted by molar-refractivity contribution is 6.30. The fourth-order valence-electron chi connectivity index (χ4n) is 1.27. The largest absolute Gasteiger partial charge is 0.458 e. The molecule has 4 nitrogen and oxygen atoms in total. The maximum Gasteiger partial charge on any atom is 0.340 e. The first kappa shape index (κ1) is 13.8. The molecule has 0 spiro atoms. The summed E-state index contributed by atoms with van der Waals surface area (Å²) < 4.78 is 5.06. The van der Waals surface area contributed by atoms with E-state index >= 15 is 0 Å². The third kappa shape index (κ3) is 3.91. The van der Waals surface area contributed by atoms with Crippen molar-refractivity contribution in [3.8, 4) is 0 Å². The van der Waals surface area contributed by atoms with Crippen molar-refractivity contribution in [2.45, 2.75) is 32.5 Å². The molecule has 5 heteroatoms. The monoisotopic (exact) mass is 257 g/mol. The number of carbonyl (C=O) groups is 1. The van der Waals surface area contributed by atoms with Crippen LogP contribution in [0.5, 0.6) is 0 Å². The van der Waals surface area contributed by atoms with E-state index in [0.717, 1.165) is 0 Å². The minimum atomic E-state index is -1.42. The third-order valence-corrected chi connectivity index (χ3v) is 2.21. The highest BCUT2D eigenvalue weighted by Gasteiger charge is 2.26. The topological polar surface area (TPSA) is 72.5 Å². The number of aliphatic hydroxyl groups excluding tert-OH is 1. The van der Waals surface area contributed by atoms with Gasteiger partial charge in [-0.2, -0.15) is 0 Å². The van der Waals surface area contributed by atoms with Crippen molar-refractivity contribution in [2.75, 3.05) is 5.73 Å². The smallest absolute Gasteiger partial charge is 0.340 e. The van der Waals surface area contributed by atoms with Crippen LogP contribution in [0, 0.1) is 0 Å². The molecule has 94 valence electrons. The summed E-state index contributed by atoms with van der Waals surface area (Å²) in [5, 5.41) is 10.2. The molecule has 1 atom stereocenters. The second-order valence-electron chi connectivity index (χ2n) is 4.71. The lowest BCUT2D eigenvalue weighted by molar-refractivity contribution is -0.165. The number of halogens is 1. The molecule has 0 fully saturated rings. The molecule has 0 radical (unpaired) electrons. The second-order valence-corrected chi connectivity index (χ2v) is 5.15. The van der Waals surface area contributed by atoms with Gasteiger partial charge < -0.3 is 15.6 Å². The van der Waals surface area contributed by atoms with Crippen LogP contribution < -0.4 is 5.73 Å². The van der Waals surface area contributed by atoms with Crippen LogP contribution in [0.2, 0.25) is 5.02 Å². The van der Waals surface area contributed by atoms with Gasteiger partial charge >= 0.3 is 5.97 Å². The normalized spacial score (nSPS) is 13.2. The zero-order valence-corrected chi connectivity index (χ0v) is 10.8. The minimum Gasteiger partial charge on any atom is -0.458 e. The van der Waals surface area contributed by atoms with Gasteiger partial charge in [0, 0.05) is 16.3 Å². The zero-order chi connectivity index (χ0) is 13.2. The van der Waals surface area contributed by atoms with Gasteiger partial charge in [0.2, 0.25) is 0 Å². The number of anilines is 1. The van der Waals surface area contributed by atoms with Gasteiger partial charge in [-0.15, -0.1) is 0 Å². The Hall–Kier alpha value is -1.26. The summed E-state index contributed by atoms with van der Waals surface area (Å²) in [7, 11) is 0. The van der Waals surface area contributed by atoms with Gasteiger partial charge in [0.15, 0.2) is 6.10 Å². The van der Waals surface area contributed by atoms with Crippen LogP contribution in [0.25, 0.3) is 0 Å². The molecule has 0 saturated carbocycles. The maximum atomic E-state index is 11.7. The van der Waals surface area contributed by atoms with Crippen LogP contribution in [0.1, 0.15) is 32.4 Å². The van der Waals surface area contributed by atoms with E-state index in [1.54, 1.807) is 26.8 Å². The molecule has 0 aliphatic rings. The zero-order valence-electron chi connectivity index (χ0n) is 10.0. The van der Waals surface area contributed by atoms with Crippen LogP contribution in [0.4, 0.5) is 5.69 Å². The van der Waals surface area contributed by atoms with Crippen molar-refractivity contribution >= 4 is 23.3 Å². The number of ether oxygens (including phenoxy) is 1. The van der Waals surface area contributed by atoms with Gasteiger partial charge in [0.05, 0.1) is 0 Å². The predicted octanol–water partition coefficient (Wildman–Crippen LogP) is 2.30. The summed E-state index contributed by atoms with van der Waals surface area (Å²) in [5.74, 6) is -0.744. The van der Waals surface area contributed by atoms with E-state index in [2.05, 4.69) is 0 Å². The van der Waals surface area contributed by atoms with Crippen molar-refractivity contribution in [3.63, 3.8) is 0 Å². The average Bonchev–Trinajstić information content (AvgIpc) is 2.18. The van der Waals surface area contributed by atoms with E-state index < -0.39 is 17.7 Å². The quantitative estimate of drug-likeness (QED) is 0.630. The molecule has 0 aliphatic carbocycles. The lowest BCUT2D eigenvalue weighted by Crippen LogP contribution is -2.28. The second kappa shape index (κ2) is 4.94. The van der Waals surface area contributed by atoms with Crippen LogP contribution in [-0.2, 0) is 9.53 Å². The molecule has 0 saturated heterocycles. The summed E-state index contributed by atoms with van der Waals surface area (Å²) in [6.07, 6.45) is -1.42. The Morgan fingerprint density at radius 2 is 2.06 bits per heavy atom. The van der Waals surface area contributed by atoms with Gasteiger partial charge in [0.1, 0.15) is 5.60 Å². The van der Waals surface area contributed by atoms with E-state index in [1.165, 1.54) is 12.1 Å². The van der Waals surface area contributed by atoms with E-state index in [0.29, 0.717) is 10.7 Å². The fraction of sp³-hybridized carbons (Fsp3) is 0.417. The van der Waals surface area contributed by atoms with E-state index in [4.69, 9.17) is 22.1 Å². The van der Waals surface area contributed by atoms with E-state index in [1.807, 2.05) is 0 Å². The van der Waals surface area contributed by atoms with Crippen molar-refractivity contribution in [2.24, 2.45) is 0 Å². The number of aliphatic hydroxyl groups is 1. The summed E-state index contributed by atoms with van der Waals surface area (Å²) in [5.41, 5.74) is 5.56. The summed E-state index contributed by atoms with van der Waals surface area (Å²) in [4.78, 5) is 11.7. The molecule has 1 aromatic rings. The Bertz CT molecular complexity index is 426. The average molecular weight is 258 g/mol. The molecule has 3 N–H and O–H groups in total. The molecule has 0 aliphatic heterocycles. The highest BCUT2D eigenvalue weighted by Crippen LogP contribution is 2.26. The molecular weight excluding hydrogens is 242 g/mol. The molecule has 17 heavy (non-hydrogen) atoms. The van der Waals surface area contributed by atoms with Gasteiger partial charge in [-0.05, 0) is 39.0 Å². The number of carbonyl (C=O) groups excluding carboxylic acids is 1. The van der Waals surface area contributed by atoms with Gasteiger partial charge in [-0.3, -0.25) is 0 Å². The third-order valence-electron chi connectivity index (χ3n) is 1.97. The molecule has 0 heterocycles. The van der Waals surface area contributed by atoms with Gasteiger partial charge in [0.25, 0.3) is 0 Å². The molecular formula is C12H16ClNO3. The van der Waals surface area contributed by atoms with E-state index in [-0.39, 0.29) is 5.56 Å². The Morgan fingerprint density at radius 1 is 1.47 bits per heavy atom. The summed E-state index contributed by atoms with van der Waals surface area (Å²) >= 11 is 5.78. The number of nitrogen functional groups attached to an aromatic ring is 1. The molecule has 1 rings (SSSR count). The summed E-state index contributed by atoms with van der Waals surface area (Å²) in [6, 6.07) is 4.57. The minimum absolute atomic E-state index is 0.256. The van der Waals surface area contributed by atoms with E-state index in [9.17, 15) is 9.90 Å². The van der Waals surface area contributed by atoms with Crippen molar-refractivity contribution < 1.29 is 14.6 Å². The van der Waals surface area contributed by atoms with Gasteiger partial charge in [-0.25, -0.2) is 4.79 Å². The lowest BCUT2D eigenvalue weighted by Gasteiger charge is -2.22. The van der Waals surface area contributed by atoms with Crippen LogP contribution in [-0.4, -0.2) is 16.7 Å². The maximum absolute atomic E-state index is 11.7. The highest BCUT2D eigenvalue weighted by atomic mass is 35.5. The Morgan fingerprint density at radius 3 is 2.59 bits per heavy atom. The van der Waals surface area contributed by atoms with Crippen LogP contribution in [0.3, 0.4) is 0 Å². The molecule has 1 aromatic carbocycles. The Balaban J connectivity index is 2.92. The first-order chi connectivity index (χ1) is 7.70. The molecule has 0 aromatic heterocycles. The Labute approximate surface area is 105 Å². The lowest BCUT2D eigenvalue weighted by atomic mass is 10.1. The number of benzene rings is 1. The Kier molecular flexibility index (Phi) is 4.01. The first-order valence-corrected chi connectivity index (χ1v) is 5.54. The van der Waals surface area contributed by atoms with Crippen molar-refractivity contribution in [3.05, 3.63) is 28.8 Å². The van der Waals surface area contributed by atoms with Crippen molar-refractivity contribution in [1.82, 2.24) is 0 Å². The molecule has 0 bridgehead atoms. The fourth-order valence-corrected chi connectivity index (χ4v) is 1.45. The SMILES string of the molecule is CC(C)(C)OC(=O)C(O)c1cc(Cl)ccc1N. The number of rotatable bonds is 2. The summed E-state index contributed by atoms with van der Waals surface area (Å²) in [6.45, 7) is 5.16. The molecule has 0 amide bonds. The number of hydrogen-bond acceptors (Lipinski definition) is 4. The number of nitrogens with two attached hydrogens (primary N) is 1.